The van der Waals surface area contributed by atoms with Crippen molar-refractivity contribution in [2.45, 2.75) is 25.3 Å². The van der Waals surface area contributed by atoms with Gasteiger partial charge in [-0.3, -0.25) is 4.99 Å². The summed E-state index contributed by atoms with van der Waals surface area (Å²) in [5, 5.41) is 5.33. The molecule has 1 aliphatic heterocycles. The third-order valence-corrected chi connectivity index (χ3v) is 4.62. The van der Waals surface area contributed by atoms with Crippen molar-refractivity contribution in [2.24, 2.45) is 4.99 Å². The van der Waals surface area contributed by atoms with Crippen LogP contribution in [0.1, 0.15) is 17.5 Å². The Morgan fingerprint density at radius 1 is 1.03 bits per heavy atom. The highest BCUT2D eigenvalue weighted by Gasteiger charge is 2.31. The fraction of sp³-hybridized carbons (Fsp3) is 0.611. The number of nitrogens with one attached hydrogen (secondary N) is 2. The van der Waals surface area contributed by atoms with Gasteiger partial charge >= 0.3 is 12.4 Å². The van der Waals surface area contributed by atoms with Crippen LogP contribution in [0.15, 0.2) is 23.2 Å². The molecule has 1 aliphatic rings. The van der Waals surface area contributed by atoms with Gasteiger partial charge in [-0.2, -0.15) is 26.3 Å². The second-order valence-electron chi connectivity index (χ2n) is 6.85. The van der Waals surface area contributed by atoms with Gasteiger partial charge in [0.05, 0.1) is 12.0 Å². The number of aliphatic imine (C=N–C) groups is 1. The highest BCUT2D eigenvalue weighted by Crippen LogP contribution is 2.33. The van der Waals surface area contributed by atoms with Gasteiger partial charge < -0.3 is 20.4 Å². The molecule has 0 aliphatic carbocycles. The molecule has 0 radical (unpaired) electrons. The summed E-state index contributed by atoms with van der Waals surface area (Å²) in [6.45, 7) is 2.54. The lowest BCUT2D eigenvalue weighted by atomic mass is 10.1. The van der Waals surface area contributed by atoms with Crippen molar-refractivity contribution in [2.75, 3.05) is 51.7 Å². The SMILES string of the molecule is CN=C(NCCC(F)(F)F)NCc1cc(C(F)(F)F)ccc1N1CCN(C)CC1.I. The first kappa shape index (κ1) is 26.6. The van der Waals surface area contributed by atoms with E-state index in [1.54, 1.807) is 0 Å². The molecule has 1 aromatic rings. The van der Waals surface area contributed by atoms with Crippen LogP contribution in [0.25, 0.3) is 0 Å². The van der Waals surface area contributed by atoms with E-state index in [4.69, 9.17) is 0 Å². The number of hydrogen-bond donors (Lipinski definition) is 2. The molecule has 0 unspecified atom stereocenters. The van der Waals surface area contributed by atoms with Crippen molar-refractivity contribution in [1.29, 1.82) is 0 Å². The first-order chi connectivity index (χ1) is 13.5. The lowest BCUT2D eigenvalue weighted by Crippen LogP contribution is -2.45. The van der Waals surface area contributed by atoms with Crippen molar-refractivity contribution in [3.8, 4) is 0 Å². The maximum Gasteiger partial charge on any atom is 0.416 e. The van der Waals surface area contributed by atoms with E-state index in [0.717, 1.165) is 25.2 Å². The number of rotatable bonds is 5. The van der Waals surface area contributed by atoms with E-state index < -0.39 is 24.3 Å². The van der Waals surface area contributed by atoms with Crippen molar-refractivity contribution in [3.05, 3.63) is 29.3 Å². The number of halogens is 7. The van der Waals surface area contributed by atoms with E-state index in [1.165, 1.54) is 13.1 Å². The number of likely N-dealkylation sites (N-methyl/N-ethyl adjacent to an activating group) is 1. The van der Waals surface area contributed by atoms with E-state index in [1.807, 2.05) is 11.9 Å². The van der Waals surface area contributed by atoms with Crippen LogP contribution in [0.3, 0.4) is 0 Å². The van der Waals surface area contributed by atoms with E-state index in [0.29, 0.717) is 24.3 Å². The Bertz CT molecular complexity index is 699. The molecule has 1 saturated heterocycles. The first-order valence-corrected chi connectivity index (χ1v) is 9.14. The minimum Gasteiger partial charge on any atom is -0.369 e. The van der Waals surface area contributed by atoms with Crippen LogP contribution in [0.5, 0.6) is 0 Å². The lowest BCUT2D eigenvalue weighted by Gasteiger charge is -2.35. The van der Waals surface area contributed by atoms with Crippen molar-refractivity contribution in [1.82, 2.24) is 15.5 Å². The Kier molecular flexibility index (Phi) is 9.98. The molecule has 2 N–H and O–H groups in total. The smallest absolute Gasteiger partial charge is 0.369 e. The number of alkyl halides is 6. The average Bonchev–Trinajstić information content (AvgIpc) is 2.63. The number of guanidine groups is 1. The topological polar surface area (TPSA) is 42.9 Å². The number of nitrogens with zero attached hydrogens (tertiary/aromatic N) is 3. The zero-order chi connectivity index (χ0) is 21.7. The van der Waals surface area contributed by atoms with Gasteiger partial charge in [-0.1, -0.05) is 0 Å². The molecule has 0 spiro atoms. The first-order valence-electron chi connectivity index (χ1n) is 9.14. The minimum absolute atomic E-state index is 0. The number of piperazine rings is 1. The van der Waals surface area contributed by atoms with Gasteiger partial charge in [-0.05, 0) is 30.8 Å². The molecule has 12 heteroatoms. The van der Waals surface area contributed by atoms with Crippen LogP contribution < -0.4 is 15.5 Å². The Morgan fingerprint density at radius 3 is 2.20 bits per heavy atom. The summed E-state index contributed by atoms with van der Waals surface area (Å²) in [7, 11) is 3.36. The summed E-state index contributed by atoms with van der Waals surface area (Å²) in [6.07, 6.45) is -9.83. The summed E-state index contributed by atoms with van der Waals surface area (Å²) in [5.41, 5.74) is 0.305. The van der Waals surface area contributed by atoms with Gasteiger partial charge in [-0.15, -0.1) is 24.0 Å². The van der Waals surface area contributed by atoms with Crippen molar-refractivity contribution >= 4 is 35.6 Å². The summed E-state index contributed by atoms with van der Waals surface area (Å²) in [4.78, 5) is 7.97. The van der Waals surface area contributed by atoms with E-state index in [2.05, 4.69) is 20.5 Å². The fourth-order valence-electron chi connectivity index (χ4n) is 2.98. The van der Waals surface area contributed by atoms with Crippen LogP contribution in [-0.2, 0) is 12.7 Å². The molecule has 0 atom stereocenters. The molecule has 1 fully saturated rings. The Hall–Kier alpha value is -1.44. The Morgan fingerprint density at radius 2 is 1.67 bits per heavy atom. The molecule has 1 aromatic carbocycles. The quantitative estimate of drug-likeness (QED) is 0.253. The van der Waals surface area contributed by atoms with Crippen LogP contribution in [0, 0.1) is 0 Å². The molecule has 30 heavy (non-hydrogen) atoms. The molecule has 5 nitrogen and oxygen atoms in total. The fourth-order valence-corrected chi connectivity index (χ4v) is 2.98. The molecule has 172 valence electrons. The second kappa shape index (κ2) is 11.3. The second-order valence-corrected chi connectivity index (χ2v) is 6.85. The van der Waals surface area contributed by atoms with E-state index in [9.17, 15) is 26.3 Å². The normalized spacial score (nSPS) is 16.3. The van der Waals surface area contributed by atoms with Gasteiger partial charge in [0.1, 0.15) is 0 Å². The number of hydrogen-bond acceptors (Lipinski definition) is 3. The third-order valence-electron chi connectivity index (χ3n) is 4.62. The minimum atomic E-state index is -4.48. The lowest BCUT2D eigenvalue weighted by molar-refractivity contribution is -0.137. The Balaban J connectivity index is 0.00000450. The van der Waals surface area contributed by atoms with Crippen molar-refractivity contribution < 1.29 is 26.3 Å². The standard InChI is InChI=1S/C18H25F6N5.HI/c1-25-16(26-6-5-17(19,20)21)27-12-13-11-14(18(22,23)24)3-4-15(13)29-9-7-28(2)8-10-29;/h3-4,11H,5-10,12H2,1-2H3,(H2,25,26,27);1H. The van der Waals surface area contributed by atoms with Crippen LogP contribution in [-0.4, -0.2) is 63.9 Å². The highest BCUT2D eigenvalue weighted by molar-refractivity contribution is 14.0. The maximum atomic E-state index is 13.2. The highest BCUT2D eigenvalue weighted by atomic mass is 127. The summed E-state index contributed by atoms with van der Waals surface area (Å²) in [5.74, 6) is 0.0935. The zero-order valence-electron chi connectivity index (χ0n) is 16.7. The average molecular weight is 553 g/mol. The monoisotopic (exact) mass is 553 g/mol. The number of benzene rings is 1. The molecule has 1 heterocycles. The third kappa shape index (κ3) is 8.36. The summed E-state index contributed by atoms with van der Waals surface area (Å²) < 4.78 is 76.3. The van der Waals surface area contributed by atoms with E-state index in [-0.39, 0.29) is 43.0 Å². The van der Waals surface area contributed by atoms with Crippen molar-refractivity contribution in [3.63, 3.8) is 0 Å². The molecule has 2 rings (SSSR count). The van der Waals surface area contributed by atoms with Gasteiger partial charge in [0.2, 0.25) is 0 Å². The van der Waals surface area contributed by atoms with Gasteiger partial charge in [-0.25, -0.2) is 0 Å². The van der Waals surface area contributed by atoms with Crippen LogP contribution in [0.4, 0.5) is 32.0 Å². The molecule has 0 amide bonds. The van der Waals surface area contributed by atoms with Gasteiger partial charge in [0.15, 0.2) is 5.96 Å². The van der Waals surface area contributed by atoms with Crippen LogP contribution >= 0.6 is 24.0 Å². The molecule has 0 aromatic heterocycles. The predicted octanol–water partition coefficient (Wildman–Crippen LogP) is 3.69. The number of anilines is 1. The summed E-state index contributed by atoms with van der Waals surface area (Å²) >= 11 is 0. The molecule has 0 bridgehead atoms. The molecular weight excluding hydrogens is 527 g/mol. The largest absolute Gasteiger partial charge is 0.416 e. The molecular formula is C18H26F6IN5. The zero-order valence-corrected chi connectivity index (χ0v) is 19.0. The maximum absolute atomic E-state index is 13.2. The van der Waals surface area contributed by atoms with Crippen LogP contribution in [0.2, 0.25) is 0 Å². The van der Waals surface area contributed by atoms with Gasteiger partial charge in [0, 0.05) is 52.0 Å². The summed E-state index contributed by atoms with van der Waals surface area (Å²) in [6, 6.07) is 3.57. The Labute approximate surface area is 188 Å². The predicted molar refractivity (Wildman–Crippen MR) is 115 cm³/mol. The van der Waals surface area contributed by atoms with E-state index >= 15 is 0 Å². The molecule has 0 saturated carbocycles. The van der Waals surface area contributed by atoms with Gasteiger partial charge in [0.25, 0.3) is 0 Å².